The van der Waals surface area contributed by atoms with E-state index in [0.717, 1.165) is 0 Å². The molecule has 5 N–H and O–H groups in total. The van der Waals surface area contributed by atoms with E-state index >= 15 is 0 Å². The topological polar surface area (TPSA) is 118 Å². The summed E-state index contributed by atoms with van der Waals surface area (Å²) >= 11 is 0. The number of carboxylic acids is 1. The minimum atomic E-state index is -1.01. The molecule has 1 atom stereocenters. The molecule has 6 heteroatoms. The van der Waals surface area contributed by atoms with Gasteiger partial charge in [0.05, 0.1) is 26.2 Å². The molecule has 1 rings (SSSR count). The van der Waals surface area contributed by atoms with Gasteiger partial charge in [0.15, 0.2) is 0 Å². The normalized spacial score (nSPS) is 11.3. The second-order valence-corrected chi connectivity index (χ2v) is 3.41. The van der Waals surface area contributed by atoms with Crippen molar-refractivity contribution in [2.24, 2.45) is 0 Å². The van der Waals surface area contributed by atoms with Crippen LogP contribution in [0.1, 0.15) is 17.2 Å². The summed E-state index contributed by atoms with van der Waals surface area (Å²) in [6.45, 7) is -0.656. The lowest BCUT2D eigenvalue weighted by atomic mass is 10.0. The first kappa shape index (κ1) is 16.5. The summed E-state index contributed by atoms with van der Waals surface area (Å²) in [4.78, 5) is 10.5. The molecule has 0 aromatic heterocycles. The third-order valence-corrected chi connectivity index (χ3v) is 2.03. The molecule has 0 fully saturated rings. The zero-order chi connectivity index (χ0) is 14.0. The molecule has 18 heavy (non-hydrogen) atoms. The highest BCUT2D eigenvalue weighted by atomic mass is 16.4. The van der Waals surface area contributed by atoms with Crippen LogP contribution < -0.4 is 0 Å². The lowest BCUT2D eigenvalue weighted by Gasteiger charge is -2.11. The summed E-state index contributed by atoms with van der Waals surface area (Å²) in [5, 5.41) is 42.0. The molecule has 0 heterocycles. The molecule has 0 aliphatic rings. The number of carboxylic acid groups (broad SMARTS) is 1. The third-order valence-electron chi connectivity index (χ3n) is 2.03. The first-order chi connectivity index (χ1) is 8.56. The Balaban J connectivity index is 0.000000631. The monoisotopic (exact) mass is 258 g/mol. The second-order valence-electron chi connectivity index (χ2n) is 3.41. The standard InChI is InChI=1S/C10H12O4.C2H6O2/c11-6-9(12)8-4-2-1-3-7(8)5-10(13)14;3-1-2-4/h1-4,9,11-12H,5-6H2,(H,13,14);3-4H,1-2H2. The van der Waals surface area contributed by atoms with Crippen molar-refractivity contribution in [1.82, 2.24) is 0 Å². The number of rotatable bonds is 5. The van der Waals surface area contributed by atoms with Gasteiger partial charge in [-0.15, -0.1) is 0 Å². The predicted octanol–water partition coefficient (Wildman–Crippen LogP) is -0.690. The molecule has 1 aromatic rings. The van der Waals surface area contributed by atoms with Crippen LogP contribution in [-0.4, -0.2) is 51.3 Å². The SMILES string of the molecule is O=C(O)Cc1ccccc1C(O)CO.OCCO. The minimum Gasteiger partial charge on any atom is -0.481 e. The highest BCUT2D eigenvalue weighted by Gasteiger charge is 2.12. The van der Waals surface area contributed by atoms with Crippen LogP contribution in [0, 0.1) is 0 Å². The molecular weight excluding hydrogens is 240 g/mol. The summed E-state index contributed by atoms with van der Waals surface area (Å²) in [5.74, 6) is -0.956. The van der Waals surface area contributed by atoms with E-state index in [-0.39, 0.29) is 19.6 Å². The maximum Gasteiger partial charge on any atom is 0.307 e. The zero-order valence-corrected chi connectivity index (χ0v) is 9.86. The Morgan fingerprint density at radius 1 is 1.11 bits per heavy atom. The van der Waals surface area contributed by atoms with Gasteiger partial charge < -0.3 is 25.5 Å². The lowest BCUT2D eigenvalue weighted by molar-refractivity contribution is -0.136. The van der Waals surface area contributed by atoms with Crippen LogP contribution in [0.15, 0.2) is 24.3 Å². The largest absolute Gasteiger partial charge is 0.481 e. The van der Waals surface area contributed by atoms with Crippen LogP contribution >= 0.6 is 0 Å². The fourth-order valence-electron chi connectivity index (χ4n) is 1.28. The van der Waals surface area contributed by atoms with Gasteiger partial charge in [0.1, 0.15) is 6.10 Å². The number of aliphatic hydroxyl groups excluding tert-OH is 4. The van der Waals surface area contributed by atoms with E-state index in [1.165, 1.54) is 0 Å². The van der Waals surface area contributed by atoms with Crippen LogP contribution in [0.25, 0.3) is 0 Å². The highest BCUT2D eigenvalue weighted by Crippen LogP contribution is 2.17. The number of aliphatic hydroxyl groups is 4. The van der Waals surface area contributed by atoms with Gasteiger partial charge in [-0.2, -0.15) is 0 Å². The maximum atomic E-state index is 10.5. The van der Waals surface area contributed by atoms with Gasteiger partial charge in [0.25, 0.3) is 0 Å². The number of carbonyl (C=O) groups is 1. The molecule has 0 amide bonds. The van der Waals surface area contributed by atoms with E-state index in [0.29, 0.717) is 11.1 Å². The zero-order valence-electron chi connectivity index (χ0n) is 9.86. The lowest BCUT2D eigenvalue weighted by Crippen LogP contribution is -2.09. The van der Waals surface area contributed by atoms with Crippen LogP contribution in [0.2, 0.25) is 0 Å². The first-order valence-corrected chi connectivity index (χ1v) is 5.37. The Hall–Kier alpha value is -1.47. The molecular formula is C12H18O6. The van der Waals surface area contributed by atoms with Crippen LogP contribution in [0.3, 0.4) is 0 Å². The minimum absolute atomic E-state index is 0.125. The van der Waals surface area contributed by atoms with E-state index in [9.17, 15) is 9.90 Å². The highest BCUT2D eigenvalue weighted by molar-refractivity contribution is 5.70. The Bertz CT molecular complexity index is 350. The fourth-order valence-corrected chi connectivity index (χ4v) is 1.28. The summed E-state index contributed by atoms with van der Waals surface area (Å²) in [7, 11) is 0. The number of hydrogen-bond donors (Lipinski definition) is 5. The molecule has 0 aliphatic heterocycles. The van der Waals surface area contributed by atoms with Gasteiger partial charge in [-0.3, -0.25) is 4.79 Å². The number of aliphatic carboxylic acids is 1. The second kappa shape index (κ2) is 9.55. The molecule has 1 aromatic carbocycles. The Labute approximate surface area is 105 Å². The molecule has 0 saturated carbocycles. The fraction of sp³-hybridized carbons (Fsp3) is 0.417. The van der Waals surface area contributed by atoms with E-state index in [1.807, 2.05) is 0 Å². The quantitative estimate of drug-likeness (QED) is 0.477. The Morgan fingerprint density at radius 3 is 2.11 bits per heavy atom. The van der Waals surface area contributed by atoms with E-state index in [2.05, 4.69) is 0 Å². The van der Waals surface area contributed by atoms with E-state index in [1.54, 1.807) is 24.3 Å². The summed E-state index contributed by atoms with van der Waals surface area (Å²) in [6, 6.07) is 6.63. The Morgan fingerprint density at radius 2 is 1.67 bits per heavy atom. The van der Waals surface area contributed by atoms with Crippen LogP contribution in [0.4, 0.5) is 0 Å². The van der Waals surface area contributed by atoms with Crippen molar-refractivity contribution >= 4 is 5.97 Å². The van der Waals surface area contributed by atoms with E-state index < -0.39 is 18.7 Å². The molecule has 0 bridgehead atoms. The van der Waals surface area contributed by atoms with Crippen molar-refractivity contribution in [2.45, 2.75) is 12.5 Å². The van der Waals surface area contributed by atoms with Gasteiger partial charge >= 0.3 is 5.97 Å². The molecule has 102 valence electrons. The van der Waals surface area contributed by atoms with Crippen molar-refractivity contribution in [3.63, 3.8) is 0 Å². The summed E-state index contributed by atoms with van der Waals surface area (Å²) in [5.41, 5.74) is 0.999. The number of benzene rings is 1. The summed E-state index contributed by atoms with van der Waals surface area (Å²) < 4.78 is 0. The van der Waals surface area contributed by atoms with Gasteiger partial charge in [-0.05, 0) is 11.1 Å². The Kier molecular flexibility index (Phi) is 8.77. The molecule has 0 spiro atoms. The van der Waals surface area contributed by atoms with Crippen molar-refractivity contribution < 1.29 is 30.3 Å². The van der Waals surface area contributed by atoms with Gasteiger partial charge in [-0.25, -0.2) is 0 Å². The van der Waals surface area contributed by atoms with Crippen molar-refractivity contribution in [2.75, 3.05) is 19.8 Å². The van der Waals surface area contributed by atoms with Gasteiger partial charge in [0, 0.05) is 0 Å². The van der Waals surface area contributed by atoms with Crippen molar-refractivity contribution in [1.29, 1.82) is 0 Å². The average Bonchev–Trinajstić information content (AvgIpc) is 2.38. The van der Waals surface area contributed by atoms with E-state index in [4.69, 9.17) is 20.4 Å². The van der Waals surface area contributed by atoms with Gasteiger partial charge in [-0.1, -0.05) is 24.3 Å². The number of hydrogen-bond acceptors (Lipinski definition) is 5. The van der Waals surface area contributed by atoms with Crippen molar-refractivity contribution in [3.05, 3.63) is 35.4 Å². The predicted molar refractivity (Wildman–Crippen MR) is 64.0 cm³/mol. The average molecular weight is 258 g/mol. The van der Waals surface area contributed by atoms with Crippen LogP contribution in [-0.2, 0) is 11.2 Å². The molecule has 1 unspecified atom stereocenters. The molecule has 0 aliphatic carbocycles. The maximum absolute atomic E-state index is 10.5. The summed E-state index contributed by atoms with van der Waals surface area (Å²) in [6.07, 6.45) is -1.15. The molecule has 0 saturated heterocycles. The smallest absolute Gasteiger partial charge is 0.307 e. The molecule has 6 nitrogen and oxygen atoms in total. The van der Waals surface area contributed by atoms with Crippen molar-refractivity contribution in [3.8, 4) is 0 Å². The van der Waals surface area contributed by atoms with Gasteiger partial charge in [0.2, 0.25) is 0 Å². The first-order valence-electron chi connectivity index (χ1n) is 5.37. The third kappa shape index (κ3) is 6.31. The molecule has 0 radical (unpaired) electrons. The van der Waals surface area contributed by atoms with Crippen LogP contribution in [0.5, 0.6) is 0 Å².